The van der Waals surface area contributed by atoms with E-state index in [1.807, 2.05) is 13.8 Å². The first-order valence-corrected chi connectivity index (χ1v) is 6.23. The number of amides is 1. The van der Waals surface area contributed by atoms with E-state index in [1.165, 1.54) is 6.92 Å². The van der Waals surface area contributed by atoms with E-state index in [9.17, 15) is 9.59 Å². The van der Waals surface area contributed by atoms with Gasteiger partial charge in [-0.3, -0.25) is 9.59 Å². The molecule has 0 unspecified atom stereocenters. The van der Waals surface area contributed by atoms with Crippen LogP contribution in [0, 0.1) is 6.92 Å². The van der Waals surface area contributed by atoms with Crippen LogP contribution in [0.25, 0.3) is 0 Å². The van der Waals surface area contributed by atoms with Crippen molar-refractivity contribution in [2.45, 2.75) is 33.6 Å². The Hall–Kier alpha value is -1.62. The number of carbonyl (C=O) groups is 2. The molecule has 1 amide bonds. The minimum Gasteiger partial charge on any atom is -0.354 e. The van der Waals surface area contributed by atoms with E-state index >= 15 is 0 Å². The van der Waals surface area contributed by atoms with Crippen LogP contribution in [0.5, 0.6) is 0 Å². The SMILES string of the molecule is CCCc1c(C(=O)NCCN)[nH]c(C)c1C(C)=O. The van der Waals surface area contributed by atoms with Crippen LogP contribution >= 0.6 is 0 Å². The summed E-state index contributed by atoms with van der Waals surface area (Å²) in [5.74, 6) is -0.204. The normalized spacial score (nSPS) is 10.4. The molecule has 4 N–H and O–H groups in total. The molecule has 0 aliphatic rings. The summed E-state index contributed by atoms with van der Waals surface area (Å²) in [4.78, 5) is 26.6. The maximum atomic E-state index is 12.0. The second-order valence-electron chi connectivity index (χ2n) is 4.33. The van der Waals surface area contributed by atoms with E-state index in [4.69, 9.17) is 5.73 Å². The fourth-order valence-corrected chi connectivity index (χ4v) is 2.12. The van der Waals surface area contributed by atoms with Crippen molar-refractivity contribution in [1.82, 2.24) is 10.3 Å². The molecule has 5 heteroatoms. The standard InChI is InChI=1S/C13H21N3O2/c1-4-5-10-11(9(3)17)8(2)16-12(10)13(18)15-7-6-14/h16H,4-7,14H2,1-3H3,(H,15,18). The van der Waals surface area contributed by atoms with Crippen molar-refractivity contribution in [2.75, 3.05) is 13.1 Å². The number of nitrogens with two attached hydrogens (primary N) is 1. The highest BCUT2D eigenvalue weighted by Gasteiger charge is 2.21. The summed E-state index contributed by atoms with van der Waals surface area (Å²) in [5, 5.41) is 2.72. The lowest BCUT2D eigenvalue weighted by atomic mass is 10.0. The predicted molar refractivity (Wildman–Crippen MR) is 70.9 cm³/mol. The second-order valence-corrected chi connectivity index (χ2v) is 4.33. The summed E-state index contributed by atoms with van der Waals surface area (Å²) < 4.78 is 0. The van der Waals surface area contributed by atoms with Crippen molar-refractivity contribution in [3.8, 4) is 0 Å². The van der Waals surface area contributed by atoms with Gasteiger partial charge in [0.1, 0.15) is 5.69 Å². The average Bonchev–Trinajstić information content (AvgIpc) is 2.63. The fraction of sp³-hybridized carbons (Fsp3) is 0.538. The maximum absolute atomic E-state index is 12.0. The number of aryl methyl sites for hydroxylation is 1. The number of carbonyl (C=O) groups excluding carboxylic acids is 2. The Labute approximate surface area is 107 Å². The van der Waals surface area contributed by atoms with E-state index in [0.29, 0.717) is 30.8 Å². The van der Waals surface area contributed by atoms with Crippen LogP contribution in [0.1, 0.15) is 52.4 Å². The molecule has 1 rings (SSSR count). The van der Waals surface area contributed by atoms with Gasteiger partial charge in [0.05, 0.1) is 0 Å². The summed E-state index contributed by atoms with van der Waals surface area (Å²) in [7, 11) is 0. The number of rotatable bonds is 6. The molecule has 100 valence electrons. The minimum atomic E-state index is -0.195. The van der Waals surface area contributed by atoms with Gasteiger partial charge < -0.3 is 16.0 Å². The molecule has 0 bridgehead atoms. The second kappa shape index (κ2) is 6.35. The zero-order chi connectivity index (χ0) is 13.7. The van der Waals surface area contributed by atoms with Crippen LogP contribution < -0.4 is 11.1 Å². The Morgan fingerprint density at radius 1 is 1.39 bits per heavy atom. The molecule has 0 radical (unpaired) electrons. The number of hydrogen-bond donors (Lipinski definition) is 3. The van der Waals surface area contributed by atoms with Gasteiger partial charge in [0.25, 0.3) is 5.91 Å². The summed E-state index contributed by atoms with van der Waals surface area (Å²) in [6.45, 7) is 6.19. The highest BCUT2D eigenvalue weighted by molar-refractivity contribution is 6.02. The summed E-state index contributed by atoms with van der Waals surface area (Å²) in [6, 6.07) is 0. The van der Waals surface area contributed by atoms with Gasteiger partial charge in [-0.05, 0) is 25.8 Å². The quantitative estimate of drug-likeness (QED) is 0.663. The Kier molecular flexibility index (Phi) is 5.09. The van der Waals surface area contributed by atoms with Crippen molar-refractivity contribution in [3.05, 3.63) is 22.5 Å². The summed E-state index contributed by atoms with van der Waals surface area (Å²) in [5.41, 5.74) is 8.07. The lowest BCUT2D eigenvalue weighted by Crippen LogP contribution is -2.30. The third-order valence-corrected chi connectivity index (χ3v) is 2.80. The maximum Gasteiger partial charge on any atom is 0.268 e. The Morgan fingerprint density at radius 2 is 2.06 bits per heavy atom. The molecule has 1 aromatic rings. The number of nitrogens with one attached hydrogen (secondary N) is 2. The van der Waals surface area contributed by atoms with Crippen molar-refractivity contribution < 1.29 is 9.59 Å². The molecule has 5 nitrogen and oxygen atoms in total. The summed E-state index contributed by atoms with van der Waals surface area (Å²) >= 11 is 0. The molecule has 0 aromatic carbocycles. The van der Waals surface area contributed by atoms with E-state index in [-0.39, 0.29) is 11.7 Å². The lowest BCUT2D eigenvalue weighted by molar-refractivity contribution is 0.0949. The van der Waals surface area contributed by atoms with E-state index < -0.39 is 0 Å². The van der Waals surface area contributed by atoms with E-state index in [0.717, 1.165) is 17.7 Å². The Balaban J connectivity index is 3.14. The highest BCUT2D eigenvalue weighted by atomic mass is 16.2. The average molecular weight is 251 g/mol. The van der Waals surface area contributed by atoms with Crippen molar-refractivity contribution in [3.63, 3.8) is 0 Å². The number of ketones is 1. The molecule has 0 aliphatic carbocycles. The first kappa shape index (κ1) is 14.4. The molecule has 1 heterocycles. The first-order valence-electron chi connectivity index (χ1n) is 6.23. The van der Waals surface area contributed by atoms with Crippen molar-refractivity contribution in [2.24, 2.45) is 5.73 Å². The molecule has 0 saturated carbocycles. The Morgan fingerprint density at radius 3 is 2.56 bits per heavy atom. The first-order chi connectivity index (χ1) is 8.52. The fourth-order valence-electron chi connectivity index (χ4n) is 2.12. The van der Waals surface area contributed by atoms with E-state index in [1.54, 1.807) is 0 Å². The van der Waals surface area contributed by atoms with Crippen LogP contribution in [0.4, 0.5) is 0 Å². The van der Waals surface area contributed by atoms with Gasteiger partial charge in [-0.15, -0.1) is 0 Å². The molecule has 0 aliphatic heterocycles. The van der Waals surface area contributed by atoms with Crippen LogP contribution in [0.2, 0.25) is 0 Å². The zero-order valence-electron chi connectivity index (χ0n) is 11.2. The monoisotopic (exact) mass is 251 g/mol. The molecule has 0 spiro atoms. The molecule has 18 heavy (non-hydrogen) atoms. The van der Waals surface area contributed by atoms with Gasteiger partial charge >= 0.3 is 0 Å². The third-order valence-electron chi connectivity index (χ3n) is 2.80. The lowest BCUT2D eigenvalue weighted by Gasteiger charge is -2.05. The van der Waals surface area contributed by atoms with E-state index in [2.05, 4.69) is 10.3 Å². The summed E-state index contributed by atoms with van der Waals surface area (Å²) in [6.07, 6.45) is 1.60. The van der Waals surface area contributed by atoms with Crippen LogP contribution in [0.15, 0.2) is 0 Å². The topological polar surface area (TPSA) is 88.0 Å². The van der Waals surface area contributed by atoms with Crippen LogP contribution in [-0.4, -0.2) is 29.8 Å². The van der Waals surface area contributed by atoms with Gasteiger partial charge in [-0.1, -0.05) is 13.3 Å². The van der Waals surface area contributed by atoms with Crippen molar-refractivity contribution >= 4 is 11.7 Å². The van der Waals surface area contributed by atoms with Gasteiger partial charge in [-0.2, -0.15) is 0 Å². The van der Waals surface area contributed by atoms with Gasteiger partial charge in [-0.25, -0.2) is 0 Å². The van der Waals surface area contributed by atoms with Crippen LogP contribution in [0.3, 0.4) is 0 Å². The largest absolute Gasteiger partial charge is 0.354 e. The molecule has 0 atom stereocenters. The van der Waals surface area contributed by atoms with Gasteiger partial charge in [0, 0.05) is 24.3 Å². The molecule has 1 aromatic heterocycles. The third kappa shape index (κ3) is 2.98. The molecule has 0 saturated heterocycles. The molecule has 0 fully saturated rings. The minimum absolute atomic E-state index is 0.00919. The van der Waals surface area contributed by atoms with Crippen molar-refractivity contribution in [1.29, 1.82) is 0 Å². The molecular weight excluding hydrogens is 230 g/mol. The van der Waals surface area contributed by atoms with Gasteiger partial charge in [0.15, 0.2) is 5.78 Å². The van der Waals surface area contributed by atoms with Gasteiger partial charge in [0.2, 0.25) is 0 Å². The number of aromatic amines is 1. The smallest absolute Gasteiger partial charge is 0.268 e. The predicted octanol–water partition coefficient (Wildman–Crippen LogP) is 1.17. The molecular formula is C13H21N3O2. The Bertz CT molecular complexity index is 449. The highest BCUT2D eigenvalue weighted by Crippen LogP contribution is 2.21. The number of hydrogen-bond acceptors (Lipinski definition) is 3. The number of H-pyrrole nitrogens is 1. The zero-order valence-corrected chi connectivity index (χ0v) is 11.2. The number of aromatic nitrogens is 1. The number of Topliss-reactive ketones (excluding diaryl/α,β-unsaturated/α-hetero) is 1. The van der Waals surface area contributed by atoms with Crippen LogP contribution in [-0.2, 0) is 6.42 Å².